The van der Waals surface area contributed by atoms with Gasteiger partial charge in [0.05, 0.1) is 4.47 Å². The van der Waals surface area contributed by atoms with Crippen molar-refractivity contribution in [3.8, 4) is 5.75 Å². The number of aliphatic hydroxyl groups is 1. The maximum Gasteiger partial charge on any atom is 0.369 e. The first kappa shape index (κ1) is 16.5. The van der Waals surface area contributed by atoms with Gasteiger partial charge in [-0.3, -0.25) is 5.32 Å². The number of benzene rings is 1. The molecule has 7 nitrogen and oxygen atoms in total. The SMILES string of the molecule is O=C(OS(=O)(=O)c1cc(Cl)cc(Br)c1O)[C@]1(O)CCCN1. The minimum absolute atomic E-state index is 0.0204. The van der Waals surface area contributed by atoms with Crippen molar-refractivity contribution < 1.29 is 27.6 Å². The highest BCUT2D eigenvalue weighted by molar-refractivity contribution is 9.10. The Bertz CT molecular complexity index is 686. The van der Waals surface area contributed by atoms with Crippen molar-refractivity contribution in [2.24, 2.45) is 0 Å². The molecule has 21 heavy (non-hydrogen) atoms. The van der Waals surface area contributed by atoms with E-state index in [0.717, 1.165) is 6.07 Å². The number of hydrogen-bond donors (Lipinski definition) is 3. The number of carbonyl (C=O) groups is 1. The zero-order valence-electron chi connectivity index (χ0n) is 10.5. The summed E-state index contributed by atoms with van der Waals surface area (Å²) in [5.74, 6) is -1.99. The molecule has 1 aromatic carbocycles. The van der Waals surface area contributed by atoms with Gasteiger partial charge in [0.15, 0.2) is 5.75 Å². The molecule has 1 heterocycles. The van der Waals surface area contributed by atoms with Gasteiger partial charge in [0.2, 0.25) is 5.72 Å². The topological polar surface area (TPSA) is 113 Å². The average molecular weight is 401 g/mol. The zero-order chi connectivity index (χ0) is 15.8. The minimum atomic E-state index is -4.62. The fourth-order valence-electron chi connectivity index (χ4n) is 1.85. The number of rotatable bonds is 3. The van der Waals surface area contributed by atoms with Gasteiger partial charge >= 0.3 is 16.1 Å². The van der Waals surface area contributed by atoms with Gasteiger partial charge in [0.25, 0.3) is 0 Å². The summed E-state index contributed by atoms with van der Waals surface area (Å²) in [5.41, 5.74) is -2.04. The van der Waals surface area contributed by atoms with Gasteiger partial charge < -0.3 is 14.4 Å². The van der Waals surface area contributed by atoms with Crippen molar-refractivity contribution in [2.75, 3.05) is 6.54 Å². The largest absolute Gasteiger partial charge is 0.505 e. The van der Waals surface area contributed by atoms with E-state index in [-0.39, 0.29) is 15.9 Å². The third kappa shape index (κ3) is 3.32. The standard InChI is InChI=1S/C11H11BrClNO6S/c12-7-4-6(13)5-8(9(7)15)21(18,19)20-10(16)11(17)2-1-3-14-11/h4-5,14-15,17H,1-3H2/t11-/m1/s1. The molecule has 0 radical (unpaired) electrons. The smallest absolute Gasteiger partial charge is 0.369 e. The first-order chi connectivity index (χ1) is 9.66. The van der Waals surface area contributed by atoms with Crippen LogP contribution in [0.15, 0.2) is 21.5 Å². The van der Waals surface area contributed by atoms with Crippen LogP contribution < -0.4 is 5.32 Å². The Hall–Kier alpha value is -0.870. The van der Waals surface area contributed by atoms with E-state index in [1.54, 1.807) is 0 Å². The molecule has 1 fully saturated rings. The van der Waals surface area contributed by atoms with Gasteiger partial charge in [-0.1, -0.05) is 11.6 Å². The number of halogens is 2. The van der Waals surface area contributed by atoms with E-state index in [0.29, 0.717) is 13.0 Å². The molecule has 1 aliphatic rings. The summed E-state index contributed by atoms with van der Waals surface area (Å²) < 4.78 is 28.5. The second-order valence-electron chi connectivity index (χ2n) is 4.45. The molecule has 0 aliphatic carbocycles. The molecule has 0 unspecified atom stereocenters. The number of phenolic OH excluding ortho intramolecular Hbond substituents is 1. The molecule has 0 spiro atoms. The molecular formula is C11H11BrClNO6S. The van der Waals surface area contributed by atoms with E-state index in [4.69, 9.17) is 11.6 Å². The predicted octanol–water partition coefficient (Wildman–Crippen LogP) is 1.11. The Morgan fingerprint density at radius 1 is 1.48 bits per heavy atom. The Morgan fingerprint density at radius 2 is 2.14 bits per heavy atom. The second-order valence-corrected chi connectivity index (χ2v) is 7.26. The van der Waals surface area contributed by atoms with Crippen molar-refractivity contribution in [1.82, 2.24) is 5.32 Å². The summed E-state index contributed by atoms with van der Waals surface area (Å²) in [6.07, 6.45) is 0.534. The van der Waals surface area contributed by atoms with Crippen LogP contribution in [0.2, 0.25) is 5.02 Å². The lowest BCUT2D eigenvalue weighted by Gasteiger charge is -2.20. The molecule has 0 aromatic heterocycles. The van der Waals surface area contributed by atoms with Crippen LogP contribution in [0.4, 0.5) is 0 Å². The average Bonchev–Trinajstić information content (AvgIpc) is 2.81. The van der Waals surface area contributed by atoms with E-state index in [1.807, 2.05) is 0 Å². The zero-order valence-corrected chi connectivity index (χ0v) is 13.6. The minimum Gasteiger partial charge on any atom is -0.505 e. The van der Waals surface area contributed by atoms with Crippen molar-refractivity contribution >= 4 is 43.6 Å². The maximum atomic E-state index is 12.0. The maximum absolute atomic E-state index is 12.0. The Labute approximate surface area is 134 Å². The van der Waals surface area contributed by atoms with Gasteiger partial charge in [0, 0.05) is 11.4 Å². The molecule has 0 amide bonds. The summed E-state index contributed by atoms with van der Waals surface area (Å²) >= 11 is 8.64. The highest BCUT2D eigenvalue weighted by atomic mass is 79.9. The van der Waals surface area contributed by atoms with E-state index >= 15 is 0 Å². The molecule has 1 aliphatic heterocycles. The van der Waals surface area contributed by atoms with Crippen LogP contribution in [0.1, 0.15) is 12.8 Å². The summed E-state index contributed by atoms with van der Waals surface area (Å²) in [6.45, 7) is 0.361. The lowest BCUT2D eigenvalue weighted by Crippen LogP contribution is -2.49. The van der Waals surface area contributed by atoms with Crippen LogP contribution in [-0.4, -0.2) is 36.9 Å². The molecule has 2 rings (SSSR count). The van der Waals surface area contributed by atoms with E-state index in [2.05, 4.69) is 25.4 Å². The molecule has 1 saturated heterocycles. The van der Waals surface area contributed by atoms with Crippen LogP contribution >= 0.6 is 27.5 Å². The second kappa shape index (κ2) is 5.73. The highest BCUT2D eigenvalue weighted by Gasteiger charge is 2.43. The summed E-state index contributed by atoms with van der Waals surface area (Å²) in [4.78, 5) is 11.1. The monoisotopic (exact) mass is 399 g/mol. The van der Waals surface area contributed by atoms with Crippen LogP contribution in [0.3, 0.4) is 0 Å². The third-order valence-corrected chi connectivity index (χ3v) is 4.96. The fourth-order valence-corrected chi connectivity index (χ4v) is 3.90. The van der Waals surface area contributed by atoms with Gasteiger partial charge in [-0.2, -0.15) is 8.42 Å². The molecule has 116 valence electrons. The summed E-state index contributed by atoms with van der Waals surface area (Å²) in [6, 6.07) is 2.22. The lowest BCUT2D eigenvalue weighted by atomic mass is 10.2. The first-order valence-electron chi connectivity index (χ1n) is 5.80. The fraction of sp³-hybridized carbons (Fsp3) is 0.364. The molecule has 0 saturated carbocycles. The summed E-state index contributed by atoms with van der Waals surface area (Å²) in [7, 11) is -4.62. The summed E-state index contributed by atoms with van der Waals surface area (Å²) in [5, 5.41) is 22.1. The van der Waals surface area contributed by atoms with Gasteiger partial charge in [0.1, 0.15) is 4.90 Å². The van der Waals surface area contributed by atoms with Crippen molar-refractivity contribution in [2.45, 2.75) is 23.5 Å². The lowest BCUT2D eigenvalue weighted by molar-refractivity contribution is -0.156. The third-order valence-electron chi connectivity index (χ3n) is 2.92. The molecule has 10 heteroatoms. The highest BCUT2D eigenvalue weighted by Crippen LogP contribution is 2.35. The van der Waals surface area contributed by atoms with Crippen molar-refractivity contribution in [3.63, 3.8) is 0 Å². The number of phenols is 1. The Morgan fingerprint density at radius 3 is 2.71 bits per heavy atom. The van der Waals surface area contributed by atoms with Gasteiger partial charge in [-0.15, -0.1) is 0 Å². The van der Waals surface area contributed by atoms with Crippen LogP contribution in [0.5, 0.6) is 5.75 Å². The van der Waals surface area contributed by atoms with Crippen LogP contribution in [0, 0.1) is 0 Å². The van der Waals surface area contributed by atoms with Crippen molar-refractivity contribution in [1.29, 1.82) is 0 Å². The van der Waals surface area contributed by atoms with Crippen molar-refractivity contribution in [3.05, 3.63) is 21.6 Å². The Balaban J connectivity index is 2.33. The van der Waals surface area contributed by atoms with Gasteiger partial charge in [-0.25, -0.2) is 4.79 Å². The quantitative estimate of drug-likeness (QED) is 0.651. The number of carbonyl (C=O) groups excluding carboxylic acids is 1. The normalized spacial score (nSPS) is 22.2. The van der Waals surface area contributed by atoms with E-state index < -0.39 is 32.5 Å². The first-order valence-corrected chi connectivity index (χ1v) is 8.38. The van der Waals surface area contributed by atoms with Crippen LogP contribution in [0.25, 0.3) is 0 Å². The van der Waals surface area contributed by atoms with Gasteiger partial charge in [-0.05, 0) is 41.0 Å². The number of nitrogens with one attached hydrogen (secondary N) is 1. The molecular weight excluding hydrogens is 390 g/mol. The Kier molecular flexibility index (Phi) is 4.50. The van der Waals surface area contributed by atoms with E-state index in [9.17, 15) is 23.4 Å². The molecule has 1 atom stereocenters. The molecule has 0 bridgehead atoms. The molecule has 1 aromatic rings. The molecule has 3 N–H and O–H groups in total. The number of aromatic hydroxyl groups is 1. The van der Waals surface area contributed by atoms with Crippen LogP contribution in [-0.2, 0) is 19.1 Å². The van der Waals surface area contributed by atoms with E-state index in [1.165, 1.54) is 6.07 Å². The predicted molar refractivity (Wildman–Crippen MR) is 76.3 cm³/mol. The number of hydrogen-bond acceptors (Lipinski definition) is 7.